The quantitative estimate of drug-likeness (QED) is 0.0521. The molecule has 0 spiro atoms. The van der Waals surface area contributed by atoms with Crippen molar-refractivity contribution in [3.8, 4) is 5.75 Å². The van der Waals surface area contributed by atoms with E-state index in [1.165, 1.54) is 59.1 Å². The Bertz CT molecular complexity index is 1540. The number of unbranched alkanes of at least 4 members (excludes halogenated alkanes) is 1. The normalized spacial score (nSPS) is 20.7. The molecule has 0 aromatic heterocycles. The second-order valence-corrected chi connectivity index (χ2v) is 14.2. The number of aromatic hydroxyl groups is 1. The largest absolute Gasteiger partial charge is 0.508 e. The molecule has 2 aromatic carbocycles. The Kier molecular flexibility index (Phi) is 11.4. The average Bonchev–Trinajstić information content (AvgIpc) is 3.28. The first-order valence-electron chi connectivity index (χ1n) is 14.8. The number of amides is 4. The van der Waals surface area contributed by atoms with Gasteiger partial charge in [0, 0.05) is 17.4 Å². The molecular weight excluding hydrogens is 652 g/mol. The number of carboxylic acids is 1. The highest BCUT2D eigenvalue weighted by atomic mass is 32.2. The summed E-state index contributed by atoms with van der Waals surface area (Å²) in [5, 5.41) is 38.4. The Morgan fingerprint density at radius 1 is 1.11 bits per heavy atom. The number of aliphatic carboxylic acids is 1. The van der Waals surface area contributed by atoms with Gasteiger partial charge in [0.25, 0.3) is 5.69 Å². The Labute approximate surface area is 278 Å². The fourth-order valence-electron chi connectivity index (χ4n) is 5.27. The number of carbonyl (C=O) groups is 5. The van der Waals surface area contributed by atoms with Gasteiger partial charge in [-0.25, -0.2) is 9.52 Å². The molecule has 4 amide bonds. The van der Waals surface area contributed by atoms with Crippen LogP contribution in [0, 0.1) is 10.1 Å². The Morgan fingerprint density at radius 2 is 1.79 bits per heavy atom. The minimum Gasteiger partial charge on any atom is -0.508 e. The van der Waals surface area contributed by atoms with E-state index in [1.54, 1.807) is 19.9 Å². The summed E-state index contributed by atoms with van der Waals surface area (Å²) in [6, 6.07) is 6.49. The molecule has 47 heavy (non-hydrogen) atoms. The molecule has 2 aliphatic rings. The predicted molar refractivity (Wildman–Crippen MR) is 173 cm³/mol. The van der Waals surface area contributed by atoms with E-state index in [-0.39, 0.29) is 28.3 Å². The van der Waals surface area contributed by atoms with E-state index in [0.29, 0.717) is 13.0 Å². The summed E-state index contributed by atoms with van der Waals surface area (Å²) in [4.78, 5) is 77.6. The summed E-state index contributed by atoms with van der Waals surface area (Å²) in [6.45, 7) is 5.74. The van der Waals surface area contributed by atoms with Crippen molar-refractivity contribution >= 4 is 59.0 Å². The molecule has 2 saturated heterocycles. The maximum absolute atomic E-state index is 13.7. The topological polar surface area (TPSA) is 220 Å². The first-order chi connectivity index (χ1) is 22.2. The highest BCUT2D eigenvalue weighted by molar-refractivity contribution is 8.01. The maximum atomic E-state index is 13.7. The first-order valence-corrected chi connectivity index (χ1v) is 16.5. The number of nitrogens with one attached hydrogen (secondary N) is 4. The Hall–Kier alpha value is -4.35. The third-order valence-corrected chi connectivity index (χ3v) is 10.2. The lowest BCUT2D eigenvalue weighted by Crippen LogP contribution is -2.71. The highest BCUT2D eigenvalue weighted by Crippen LogP contribution is 2.50. The number of para-hydroxylation sites is 1. The second kappa shape index (κ2) is 15.0. The molecule has 5 atom stereocenters. The molecule has 4 rings (SSSR count). The van der Waals surface area contributed by atoms with Gasteiger partial charge in [-0.2, -0.15) is 0 Å². The molecule has 0 aliphatic carbocycles. The van der Waals surface area contributed by atoms with Crippen molar-refractivity contribution in [3.05, 3.63) is 64.2 Å². The molecule has 252 valence electrons. The van der Waals surface area contributed by atoms with Gasteiger partial charge in [0.15, 0.2) is 0 Å². The maximum Gasteiger partial charge on any atom is 0.327 e. The second-order valence-electron chi connectivity index (χ2n) is 11.5. The van der Waals surface area contributed by atoms with Crippen LogP contribution in [0.25, 0.3) is 0 Å². The van der Waals surface area contributed by atoms with E-state index in [4.69, 9.17) is 0 Å². The van der Waals surface area contributed by atoms with E-state index in [9.17, 15) is 44.3 Å². The van der Waals surface area contributed by atoms with Crippen molar-refractivity contribution in [1.82, 2.24) is 25.6 Å². The highest BCUT2D eigenvalue weighted by Gasteiger charge is 2.64. The molecule has 2 heterocycles. The zero-order chi connectivity index (χ0) is 34.5. The number of nitrogens with zero attached hydrogens (tertiary/aromatic N) is 2. The number of thioether (sulfide) groups is 1. The Morgan fingerprint density at radius 3 is 2.43 bits per heavy atom. The lowest BCUT2D eigenvalue weighted by Gasteiger charge is -2.44. The van der Waals surface area contributed by atoms with Gasteiger partial charge in [0.1, 0.15) is 40.2 Å². The number of phenolic OH excluding ortho intramolecular Hbond substituents is 1. The summed E-state index contributed by atoms with van der Waals surface area (Å²) >= 11 is 2.03. The zero-order valence-corrected chi connectivity index (χ0v) is 27.4. The van der Waals surface area contributed by atoms with Crippen molar-refractivity contribution in [1.29, 1.82) is 0 Å². The molecule has 0 saturated carbocycles. The molecule has 6 N–H and O–H groups in total. The van der Waals surface area contributed by atoms with Crippen molar-refractivity contribution in [2.24, 2.45) is 0 Å². The van der Waals surface area contributed by atoms with Crippen molar-refractivity contribution < 1.29 is 39.1 Å². The van der Waals surface area contributed by atoms with Gasteiger partial charge >= 0.3 is 5.97 Å². The predicted octanol–water partition coefficient (Wildman–Crippen LogP) is 2.06. The number of rotatable bonds is 15. The number of carboxylic acid groups (broad SMARTS) is 1. The molecule has 2 aliphatic heterocycles. The number of hydrogen-bond donors (Lipinski definition) is 6. The molecule has 15 nitrogen and oxygen atoms in total. The lowest BCUT2D eigenvalue weighted by atomic mass is 9.95. The monoisotopic (exact) mass is 688 g/mol. The van der Waals surface area contributed by atoms with E-state index in [0.717, 1.165) is 18.4 Å². The van der Waals surface area contributed by atoms with Crippen LogP contribution in [0.4, 0.5) is 5.69 Å². The van der Waals surface area contributed by atoms with Gasteiger partial charge in [0.05, 0.1) is 11.3 Å². The van der Waals surface area contributed by atoms with Gasteiger partial charge in [-0.05, 0) is 56.0 Å². The van der Waals surface area contributed by atoms with Crippen LogP contribution in [-0.4, -0.2) is 84.4 Å². The van der Waals surface area contributed by atoms with E-state index < -0.39 is 68.8 Å². The van der Waals surface area contributed by atoms with E-state index in [1.807, 2.05) is 6.92 Å². The summed E-state index contributed by atoms with van der Waals surface area (Å²) in [5.41, 5.74) is 0.0350. The minimum absolute atomic E-state index is 0.0995. The van der Waals surface area contributed by atoms with Gasteiger partial charge < -0.3 is 31.1 Å². The van der Waals surface area contributed by atoms with Crippen LogP contribution in [0.3, 0.4) is 0 Å². The minimum atomic E-state index is -1.40. The van der Waals surface area contributed by atoms with Crippen molar-refractivity contribution in [3.63, 3.8) is 0 Å². The molecule has 0 radical (unpaired) electrons. The summed E-state index contributed by atoms with van der Waals surface area (Å²) in [6.07, 6.45) is 1.17. The number of hydrogen-bond acceptors (Lipinski definition) is 11. The number of carbonyl (C=O) groups excluding carboxylic acids is 4. The number of nitro groups is 1. The van der Waals surface area contributed by atoms with Crippen LogP contribution in [0.5, 0.6) is 5.75 Å². The fourth-order valence-corrected chi connectivity index (χ4v) is 7.75. The molecule has 2 fully saturated rings. The van der Waals surface area contributed by atoms with Gasteiger partial charge in [0.2, 0.25) is 23.6 Å². The SMILES string of the molecule is CCCCNC(=O)CC(NSc1ccccc1[N+](=O)[O-])C(=O)NC(C(=O)N[C@@H]1C(=O)N2[C@@H]1SC(C)(C)[C@@H]2C(=O)O)c1ccc(O)cc1. The molecule has 2 aromatic rings. The van der Waals surface area contributed by atoms with E-state index in [2.05, 4.69) is 20.7 Å². The van der Waals surface area contributed by atoms with Crippen molar-refractivity contribution in [2.75, 3.05) is 6.54 Å². The van der Waals surface area contributed by atoms with Crippen molar-refractivity contribution in [2.45, 2.75) is 79.2 Å². The number of benzene rings is 2. The molecule has 0 bridgehead atoms. The average molecular weight is 689 g/mol. The van der Waals surface area contributed by atoms with Crippen LogP contribution >= 0.6 is 23.7 Å². The fraction of sp³-hybridized carbons (Fsp3) is 0.433. The standard InChI is InChI=1S/C30H36N6O9S2/c1-4-5-14-31-21(38)15-18(34-47-20-9-7-6-8-19(20)36(44)45)25(39)32-22(16-10-12-17(37)13-11-16)26(40)33-23-27(41)35-24(29(42)43)30(2,3)46-28(23)35/h6-13,18,22-24,28,34,37H,4-5,14-15H2,1-3H3,(H,31,38)(H,32,39)(H,33,40)(H,42,43)/t18?,22?,23-,24+,28-/m1/s1. The number of nitro benzene ring substituents is 1. The number of phenols is 1. The summed E-state index contributed by atoms with van der Waals surface area (Å²) < 4.78 is 2.01. The van der Waals surface area contributed by atoms with Crippen LogP contribution < -0.4 is 20.7 Å². The summed E-state index contributed by atoms with van der Waals surface area (Å²) in [5.74, 6) is -3.87. The van der Waals surface area contributed by atoms with Crippen LogP contribution in [0.15, 0.2) is 53.4 Å². The zero-order valence-electron chi connectivity index (χ0n) is 25.8. The van der Waals surface area contributed by atoms with Gasteiger partial charge in [-0.1, -0.05) is 37.6 Å². The van der Waals surface area contributed by atoms with Crippen LogP contribution in [0.1, 0.15) is 51.6 Å². The molecule has 17 heteroatoms. The van der Waals surface area contributed by atoms with Gasteiger partial charge in [-0.15, -0.1) is 11.8 Å². The van der Waals surface area contributed by atoms with Crippen LogP contribution in [-0.2, 0) is 24.0 Å². The number of fused-ring (bicyclic) bond motifs is 1. The smallest absolute Gasteiger partial charge is 0.327 e. The Balaban J connectivity index is 1.56. The first kappa shape index (κ1) is 35.5. The number of β-lactam (4-membered cyclic amide) rings is 1. The molecular formula is C30H36N6O9S2. The summed E-state index contributed by atoms with van der Waals surface area (Å²) in [7, 11) is 0. The molecule has 2 unspecified atom stereocenters. The lowest BCUT2D eigenvalue weighted by molar-refractivity contribution is -0.387. The van der Waals surface area contributed by atoms with E-state index >= 15 is 0 Å². The third-order valence-electron chi connectivity index (χ3n) is 7.68. The van der Waals surface area contributed by atoms with Gasteiger partial charge in [-0.3, -0.25) is 29.3 Å². The van der Waals surface area contributed by atoms with Crippen LogP contribution in [0.2, 0.25) is 0 Å². The third kappa shape index (κ3) is 8.15.